The number of nitrogens with one attached hydrogen (secondary N) is 2. The zero-order valence-corrected chi connectivity index (χ0v) is 9.51. The summed E-state index contributed by atoms with van der Waals surface area (Å²) < 4.78 is 5.37. The van der Waals surface area contributed by atoms with Crippen molar-refractivity contribution in [3.8, 4) is 0 Å². The summed E-state index contributed by atoms with van der Waals surface area (Å²) in [6, 6.07) is 0. The van der Waals surface area contributed by atoms with E-state index in [2.05, 4.69) is 24.5 Å². The van der Waals surface area contributed by atoms with Crippen molar-refractivity contribution in [1.82, 2.24) is 10.6 Å². The van der Waals surface area contributed by atoms with Crippen LogP contribution in [0.4, 0.5) is 0 Å². The first kappa shape index (κ1) is 10.9. The van der Waals surface area contributed by atoms with Crippen LogP contribution in [-0.2, 0) is 9.53 Å². The van der Waals surface area contributed by atoms with Crippen molar-refractivity contribution in [2.75, 3.05) is 26.2 Å². The predicted molar refractivity (Wildman–Crippen MR) is 57.5 cm³/mol. The van der Waals surface area contributed by atoms with E-state index < -0.39 is 0 Å². The van der Waals surface area contributed by atoms with Crippen molar-refractivity contribution < 1.29 is 9.53 Å². The normalized spacial score (nSPS) is 28.3. The van der Waals surface area contributed by atoms with Gasteiger partial charge in [0.2, 0.25) is 5.91 Å². The molecular weight excluding hydrogens is 192 g/mol. The first-order valence-corrected chi connectivity index (χ1v) is 5.67. The molecule has 1 atom stereocenters. The van der Waals surface area contributed by atoms with E-state index in [1.165, 1.54) is 6.42 Å². The molecule has 0 radical (unpaired) electrons. The van der Waals surface area contributed by atoms with Crippen molar-refractivity contribution in [3.05, 3.63) is 0 Å². The molecule has 2 aliphatic rings. The molecule has 1 amide bonds. The number of ether oxygens (including phenoxy) is 1. The number of hydrogen-bond acceptors (Lipinski definition) is 3. The van der Waals surface area contributed by atoms with E-state index in [1.54, 1.807) is 0 Å². The summed E-state index contributed by atoms with van der Waals surface area (Å²) in [5.41, 5.74) is 0.437. The van der Waals surface area contributed by atoms with Crippen LogP contribution in [0.2, 0.25) is 0 Å². The molecule has 0 aromatic heterocycles. The van der Waals surface area contributed by atoms with E-state index in [1.807, 2.05) is 0 Å². The van der Waals surface area contributed by atoms with E-state index in [0.717, 1.165) is 19.6 Å². The summed E-state index contributed by atoms with van der Waals surface area (Å²) in [5.74, 6) is 0.677. The van der Waals surface area contributed by atoms with Gasteiger partial charge in [-0.2, -0.15) is 0 Å². The summed E-state index contributed by atoms with van der Waals surface area (Å²) in [6.45, 7) is 7.24. The van der Waals surface area contributed by atoms with E-state index in [4.69, 9.17) is 4.74 Å². The SMILES string of the molecule is CC1(C)CC1CNC(=O)COC1CNC1. The Morgan fingerprint density at radius 2 is 2.20 bits per heavy atom. The smallest absolute Gasteiger partial charge is 0.246 e. The van der Waals surface area contributed by atoms with Crippen LogP contribution in [0.15, 0.2) is 0 Å². The Morgan fingerprint density at radius 1 is 1.53 bits per heavy atom. The Bertz CT molecular complexity index is 249. The standard InChI is InChI=1S/C11H20N2O2/c1-11(2)3-8(11)4-13-10(14)7-15-9-5-12-6-9/h8-9,12H,3-7H2,1-2H3,(H,13,14). The highest BCUT2D eigenvalue weighted by molar-refractivity contribution is 5.77. The topological polar surface area (TPSA) is 50.4 Å². The lowest BCUT2D eigenvalue weighted by Gasteiger charge is -2.26. The van der Waals surface area contributed by atoms with Gasteiger partial charge in [-0.25, -0.2) is 0 Å². The molecule has 0 bridgehead atoms. The minimum absolute atomic E-state index is 0.0181. The van der Waals surface area contributed by atoms with Gasteiger partial charge in [0.15, 0.2) is 0 Å². The minimum atomic E-state index is 0.0181. The van der Waals surface area contributed by atoms with Crippen molar-refractivity contribution in [2.24, 2.45) is 11.3 Å². The van der Waals surface area contributed by atoms with Crippen molar-refractivity contribution in [2.45, 2.75) is 26.4 Å². The van der Waals surface area contributed by atoms with Crippen LogP contribution < -0.4 is 10.6 Å². The van der Waals surface area contributed by atoms with Gasteiger partial charge in [-0.1, -0.05) is 13.8 Å². The number of carbonyl (C=O) groups excluding carboxylic acids is 1. The molecule has 0 aromatic rings. The third-order valence-electron chi connectivity index (χ3n) is 3.46. The van der Waals surface area contributed by atoms with Crippen LogP contribution in [0.1, 0.15) is 20.3 Å². The molecular formula is C11H20N2O2. The zero-order valence-electron chi connectivity index (χ0n) is 9.51. The number of amides is 1. The van der Waals surface area contributed by atoms with Crippen LogP contribution >= 0.6 is 0 Å². The lowest BCUT2D eigenvalue weighted by atomic mass is 10.1. The predicted octanol–water partition coefficient (Wildman–Crippen LogP) is 0.137. The van der Waals surface area contributed by atoms with Gasteiger partial charge in [0, 0.05) is 19.6 Å². The number of rotatable bonds is 5. The summed E-state index contributed by atoms with van der Waals surface area (Å²) in [5, 5.41) is 6.02. The maximum atomic E-state index is 11.4. The van der Waals surface area contributed by atoms with E-state index in [0.29, 0.717) is 11.3 Å². The van der Waals surface area contributed by atoms with Gasteiger partial charge in [-0.15, -0.1) is 0 Å². The fraction of sp³-hybridized carbons (Fsp3) is 0.909. The number of carbonyl (C=O) groups is 1. The monoisotopic (exact) mass is 212 g/mol. The maximum Gasteiger partial charge on any atom is 0.246 e. The second kappa shape index (κ2) is 4.10. The quantitative estimate of drug-likeness (QED) is 0.681. The van der Waals surface area contributed by atoms with Crippen LogP contribution in [0.5, 0.6) is 0 Å². The van der Waals surface area contributed by atoms with Gasteiger partial charge in [0.1, 0.15) is 6.61 Å². The van der Waals surface area contributed by atoms with Crippen molar-refractivity contribution in [3.63, 3.8) is 0 Å². The Morgan fingerprint density at radius 3 is 2.67 bits per heavy atom. The summed E-state index contributed by atoms with van der Waals surface area (Å²) in [7, 11) is 0. The summed E-state index contributed by atoms with van der Waals surface area (Å²) in [4.78, 5) is 11.4. The van der Waals surface area contributed by atoms with Crippen LogP contribution in [0.25, 0.3) is 0 Å². The first-order valence-electron chi connectivity index (χ1n) is 5.67. The third kappa shape index (κ3) is 2.92. The average Bonchev–Trinajstić information content (AvgIpc) is 2.68. The van der Waals surface area contributed by atoms with E-state index in [9.17, 15) is 4.79 Å². The summed E-state index contributed by atoms with van der Waals surface area (Å²) in [6.07, 6.45) is 1.47. The summed E-state index contributed by atoms with van der Waals surface area (Å²) >= 11 is 0. The molecule has 1 heterocycles. The lowest BCUT2D eigenvalue weighted by Crippen LogP contribution is -2.49. The molecule has 1 unspecified atom stereocenters. The molecule has 86 valence electrons. The average molecular weight is 212 g/mol. The fourth-order valence-electron chi connectivity index (χ4n) is 1.79. The van der Waals surface area contributed by atoms with Crippen LogP contribution in [0, 0.1) is 11.3 Å². The molecule has 1 aliphatic carbocycles. The molecule has 2 fully saturated rings. The van der Waals surface area contributed by atoms with Gasteiger partial charge in [0.05, 0.1) is 6.10 Å². The Labute approximate surface area is 90.8 Å². The Kier molecular flexibility index (Phi) is 2.98. The van der Waals surface area contributed by atoms with Gasteiger partial charge < -0.3 is 15.4 Å². The molecule has 4 nitrogen and oxygen atoms in total. The van der Waals surface area contributed by atoms with Crippen LogP contribution in [-0.4, -0.2) is 38.3 Å². The molecule has 1 saturated heterocycles. The molecule has 15 heavy (non-hydrogen) atoms. The van der Waals surface area contributed by atoms with E-state index >= 15 is 0 Å². The zero-order chi connectivity index (χ0) is 10.9. The Hall–Kier alpha value is -0.610. The lowest BCUT2D eigenvalue weighted by molar-refractivity contribution is -0.128. The second-order valence-electron chi connectivity index (χ2n) is 5.28. The molecule has 1 saturated carbocycles. The van der Waals surface area contributed by atoms with Gasteiger partial charge in [-0.3, -0.25) is 4.79 Å². The van der Waals surface area contributed by atoms with Gasteiger partial charge in [-0.05, 0) is 17.8 Å². The third-order valence-corrected chi connectivity index (χ3v) is 3.46. The van der Waals surface area contributed by atoms with Gasteiger partial charge in [0.25, 0.3) is 0 Å². The number of hydrogen-bond donors (Lipinski definition) is 2. The molecule has 0 aromatic carbocycles. The fourth-order valence-corrected chi connectivity index (χ4v) is 1.79. The molecule has 0 spiro atoms. The molecule has 4 heteroatoms. The van der Waals surface area contributed by atoms with Crippen molar-refractivity contribution >= 4 is 5.91 Å². The second-order valence-corrected chi connectivity index (χ2v) is 5.28. The largest absolute Gasteiger partial charge is 0.366 e. The van der Waals surface area contributed by atoms with Crippen molar-refractivity contribution in [1.29, 1.82) is 0 Å². The van der Waals surface area contributed by atoms with Crippen LogP contribution in [0.3, 0.4) is 0 Å². The first-order chi connectivity index (χ1) is 7.08. The highest BCUT2D eigenvalue weighted by Gasteiger charge is 2.45. The van der Waals surface area contributed by atoms with Gasteiger partial charge >= 0.3 is 0 Å². The molecule has 1 aliphatic heterocycles. The molecule has 2 N–H and O–H groups in total. The molecule has 2 rings (SSSR count). The highest BCUT2D eigenvalue weighted by Crippen LogP contribution is 2.50. The van der Waals surface area contributed by atoms with E-state index in [-0.39, 0.29) is 18.6 Å². The minimum Gasteiger partial charge on any atom is -0.366 e. The highest BCUT2D eigenvalue weighted by atomic mass is 16.5. The maximum absolute atomic E-state index is 11.4. The Balaban J connectivity index is 1.53.